The lowest BCUT2D eigenvalue weighted by Crippen LogP contribution is -2.24. The van der Waals surface area contributed by atoms with E-state index in [0.717, 1.165) is 16.2 Å². The molecule has 1 unspecified atom stereocenters. The van der Waals surface area contributed by atoms with E-state index in [1.54, 1.807) is 32.4 Å². The molecule has 0 radical (unpaired) electrons. The number of aryl methyl sites for hydroxylation is 1. The SMILES string of the molecule is COc1cccc(OC)c1C(=O)P(=S)(c1ccccc1)c1ccccc1C. The molecule has 3 aromatic rings. The lowest BCUT2D eigenvalue weighted by Gasteiger charge is -2.25. The third-order valence-corrected chi connectivity index (χ3v) is 9.22. The van der Waals surface area contributed by atoms with E-state index in [1.807, 2.05) is 61.5 Å². The maximum atomic E-state index is 14.0. The van der Waals surface area contributed by atoms with E-state index < -0.39 is 6.04 Å². The topological polar surface area (TPSA) is 35.5 Å². The van der Waals surface area contributed by atoms with Crippen molar-refractivity contribution in [1.29, 1.82) is 0 Å². The summed E-state index contributed by atoms with van der Waals surface area (Å²) in [7, 11) is 3.09. The zero-order valence-electron chi connectivity index (χ0n) is 15.5. The smallest absolute Gasteiger partial charge is 0.209 e. The Morgan fingerprint density at radius 1 is 0.815 bits per heavy atom. The van der Waals surface area contributed by atoms with E-state index in [2.05, 4.69) is 0 Å². The van der Waals surface area contributed by atoms with E-state index >= 15 is 0 Å². The maximum Gasteiger partial charge on any atom is 0.209 e. The van der Waals surface area contributed by atoms with Crippen molar-refractivity contribution in [1.82, 2.24) is 0 Å². The van der Waals surface area contributed by atoms with Crippen molar-refractivity contribution < 1.29 is 14.3 Å². The number of hydrogen-bond acceptors (Lipinski definition) is 4. The molecule has 0 aromatic heterocycles. The van der Waals surface area contributed by atoms with Crippen molar-refractivity contribution >= 4 is 34.0 Å². The Hall–Kier alpha value is -2.42. The summed E-state index contributed by atoms with van der Waals surface area (Å²) in [4.78, 5) is 14.0. The number of benzene rings is 3. The zero-order valence-corrected chi connectivity index (χ0v) is 17.2. The Balaban J connectivity index is 2.33. The third kappa shape index (κ3) is 3.43. The molecule has 3 aromatic carbocycles. The Morgan fingerprint density at radius 3 is 1.93 bits per heavy atom. The second-order valence-electron chi connectivity index (χ2n) is 6.07. The highest BCUT2D eigenvalue weighted by molar-refractivity contribution is 8.30. The number of rotatable bonds is 6. The summed E-state index contributed by atoms with van der Waals surface area (Å²) in [6.45, 7) is 1.99. The molecule has 3 nitrogen and oxygen atoms in total. The fourth-order valence-corrected chi connectivity index (χ4v) is 7.12. The Morgan fingerprint density at radius 2 is 1.37 bits per heavy atom. The van der Waals surface area contributed by atoms with Gasteiger partial charge in [0.2, 0.25) is 5.52 Å². The van der Waals surface area contributed by atoms with Gasteiger partial charge in [-0.3, -0.25) is 4.79 Å². The molecule has 0 bridgehead atoms. The van der Waals surface area contributed by atoms with Gasteiger partial charge in [-0.1, -0.05) is 72.5 Å². The van der Waals surface area contributed by atoms with E-state index in [-0.39, 0.29) is 5.52 Å². The molecular formula is C22H21O3PS. The predicted octanol–water partition coefficient (Wildman–Crippen LogP) is 4.28. The second-order valence-corrected chi connectivity index (χ2v) is 10.3. The molecule has 0 heterocycles. The molecule has 3 rings (SSSR count). The van der Waals surface area contributed by atoms with Gasteiger partial charge in [0, 0.05) is 0 Å². The predicted molar refractivity (Wildman–Crippen MR) is 115 cm³/mol. The average Bonchev–Trinajstić information content (AvgIpc) is 2.73. The first-order chi connectivity index (χ1) is 13.0. The Bertz CT molecular complexity index is 993. The van der Waals surface area contributed by atoms with Crippen LogP contribution in [0.15, 0.2) is 72.8 Å². The monoisotopic (exact) mass is 396 g/mol. The average molecular weight is 396 g/mol. The molecule has 138 valence electrons. The van der Waals surface area contributed by atoms with Crippen LogP contribution >= 0.6 is 6.04 Å². The van der Waals surface area contributed by atoms with Gasteiger partial charge < -0.3 is 9.47 Å². The van der Waals surface area contributed by atoms with Crippen LogP contribution in [0.5, 0.6) is 11.5 Å². The van der Waals surface area contributed by atoms with Gasteiger partial charge in [0.15, 0.2) is 0 Å². The fraction of sp³-hybridized carbons (Fsp3) is 0.136. The van der Waals surface area contributed by atoms with E-state index in [9.17, 15) is 4.79 Å². The van der Waals surface area contributed by atoms with Crippen LogP contribution in [0.4, 0.5) is 0 Å². The van der Waals surface area contributed by atoms with Crippen LogP contribution in [0.2, 0.25) is 0 Å². The third-order valence-electron chi connectivity index (χ3n) is 4.50. The number of carbonyl (C=O) groups is 1. The summed E-state index contributed by atoms with van der Waals surface area (Å²) < 4.78 is 11.0. The standard InChI is InChI=1S/C22H21O3PS/c1-16-10-7-8-15-20(16)26(27,17-11-5-4-6-12-17)22(23)21-18(24-2)13-9-14-19(21)25-3/h4-15H,1-3H3. The number of hydrogen-bond donors (Lipinski definition) is 0. The minimum atomic E-state index is -2.82. The summed E-state index contributed by atoms with van der Waals surface area (Å²) in [5, 5.41) is 1.75. The second kappa shape index (κ2) is 8.08. The van der Waals surface area contributed by atoms with Crippen molar-refractivity contribution in [2.75, 3.05) is 14.2 Å². The first kappa shape index (κ1) is 19.3. The van der Waals surface area contributed by atoms with Crippen molar-refractivity contribution in [2.45, 2.75) is 6.92 Å². The van der Waals surface area contributed by atoms with Crippen LogP contribution in [0.25, 0.3) is 0 Å². The molecule has 0 spiro atoms. The molecule has 0 aliphatic heterocycles. The summed E-state index contributed by atoms with van der Waals surface area (Å²) in [5.41, 5.74) is 1.28. The van der Waals surface area contributed by atoms with E-state index in [1.165, 1.54) is 0 Å². The molecule has 0 fully saturated rings. The molecule has 5 heteroatoms. The number of methoxy groups -OCH3 is 2. The van der Waals surface area contributed by atoms with Gasteiger partial charge in [-0.15, -0.1) is 0 Å². The van der Waals surface area contributed by atoms with E-state index in [4.69, 9.17) is 21.3 Å². The molecule has 0 N–H and O–H groups in total. The molecule has 0 saturated heterocycles. The van der Waals surface area contributed by atoms with Gasteiger partial charge in [0.05, 0.1) is 20.3 Å². The molecule has 0 aliphatic carbocycles. The van der Waals surface area contributed by atoms with Crippen LogP contribution < -0.4 is 20.1 Å². The van der Waals surface area contributed by atoms with Gasteiger partial charge in [-0.05, 0) is 35.2 Å². The fourth-order valence-electron chi connectivity index (χ4n) is 3.14. The maximum absolute atomic E-state index is 14.0. The quantitative estimate of drug-likeness (QED) is 0.583. The summed E-state index contributed by atoms with van der Waals surface area (Å²) >= 11 is 6.19. The van der Waals surface area contributed by atoms with Crippen LogP contribution in [0, 0.1) is 6.92 Å². The normalized spacial score (nSPS) is 12.9. The van der Waals surface area contributed by atoms with Crippen LogP contribution in [-0.4, -0.2) is 19.7 Å². The Kier molecular flexibility index (Phi) is 5.79. The Labute approximate surface area is 165 Å². The molecule has 1 atom stereocenters. The van der Waals surface area contributed by atoms with Crippen LogP contribution in [0.3, 0.4) is 0 Å². The first-order valence-electron chi connectivity index (χ1n) is 8.51. The largest absolute Gasteiger partial charge is 0.496 e. The first-order valence-corrected chi connectivity index (χ1v) is 11.3. The number of ether oxygens (including phenoxy) is 2. The van der Waals surface area contributed by atoms with Crippen LogP contribution in [-0.2, 0) is 11.8 Å². The highest BCUT2D eigenvalue weighted by Gasteiger charge is 2.36. The van der Waals surface area contributed by atoms with Crippen molar-refractivity contribution in [3.8, 4) is 11.5 Å². The zero-order chi connectivity index (χ0) is 19.4. The van der Waals surface area contributed by atoms with Crippen molar-refractivity contribution in [2.24, 2.45) is 0 Å². The van der Waals surface area contributed by atoms with Crippen molar-refractivity contribution in [3.63, 3.8) is 0 Å². The lowest BCUT2D eigenvalue weighted by atomic mass is 10.2. The summed E-state index contributed by atoms with van der Waals surface area (Å²) in [6.07, 6.45) is 0. The molecule has 27 heavy (non-hydrogen) atoms. The van der Waals surface area contributed by atoms with E-state index in [0.29, 0.717) is 17.1 Å². The van der Waals surface area contributed by atoms with Crippen molar-refractivity contribution in [3.05, 3.63) is 83.9 Å². The van der Waals surface area contributed by atoms with Gasteiger partial charge in [-0.25, -0.2) is 0 Å². The summed E-state index contributed by atoms with van der Waals surface area (Å²) in [5.74, 6) is 0.941. The molecule has 0 aliphatic rings. The van der Waals surface area contributed by atoms with Gasteiger partial charge >= 0.3 is 0 Å². The molecular weight excluding hydrogens is 375 g/mol. The highest BCUT2D eigenvalue weighted by Crippen LogP contribution is 2.51. The highest BCUT2D eigenvalue weighted by atomic mass is 32.4. The molecule has 0 amide bonds. The minimum Gasteiger partial charge on any atom is -0.496 e. The van der Waals surface area contributed by atoms with Gasteiger partial charge in [0.1, 0.15) is 17.1 Å². The van der Waals surface area contributed by atoms with Gasteiger partial charge in [0.25, 0.3) is 0 Å². The minimum absolute atomic E-state index is 0.132. The van der Waals surface area contributed by atoms with Crippen LogP contribution in [0.1, 0.15) is 15.9 Å². The molecule has 0 saturated carbocycles. The lowest BCUT2D eigenvalue weighted by molar-refractivity contribution is 0.107. The summed E-state index contributed by atoms with van der Waals surface area (Å²) in [6, 6.07) is 20.0. The van der Waals surface area contributed by atoms with Gasteiger partial charge in [-0.2, -0.15) is 0 Å². The number of carbonyl (C=O) groups excluding carboxylic acids is 1.